The number of hydrogen-bond acceptors (Lipinski definition) is 6. The van der Waals surface area contributed by atoms with Crippen LogP contribution in [0, 0.1) is 5.92 Å². The number of amides is 1. The topological polar surface area (TPSA) is 96.8 Å². The standard InChI is InChI=1S/C33H33F6N7O/c1-21(24-7-3-2-4-8-24)29(30(47)41-18-22-10-12-25(13-11-22)32(34,35)36)43-27-17-28(46-15-14-40-20-46)45-31(44-27)42-19-23-6-5-9-26(16-23)33(37,38)39/h5-6,9-17,20,24,29H,1-4,7-8,18-19H2,(H,41,47)(H2,42,43,44,45)/t29-/m1/s1. The molecule has 14 heteroatoms. The molecule has 1 aliphatic rings. The van der Waals surface area contributed by atoms with Gasteiger partial charge in [-0.3, -0.25) is 9.36 Å². The molecular weight excluding hydrogens is 624 g/mol. The van der Waals surface area contributed by atoms with Crippen LogP contribution in [0.4, 0.5) is 38.1 Å². The Labute approximate surface area is 267 Å². The van der Waals surface area contributed by atoms with Crippen LogP contribution in [-0.2, 0) is 30.2 Å². The molecule has 248 valence electrons. The Balaban J connectivity index is 1.39. The lowest BCUT2D eigenvalue weighted by Crippen LogP contribution is -2.42. The van der Waals surface area contributed by atoms with E-state index in [0.717, 1.165) is 56.4 Å². The predicted octanol–water partition coefficient (Wildman–Crippen LogP) is 7.55. The number of rotatable bonds is 11. The maximum absolute atomic E-state index is 13.7. The van der Waals surface area contributed by atoms with E-state index < -0.39 is 35.4 Å². The van der Waals surface area contributed by atoms with Crippen molar-refractivity contribution < 1.29 is 31.1 Å². The van der Waals surface area contributed by atoms with Crippen LogP contribution in [-0.4, -0.2) is 31.5 Å². The van der Waals surface area contributed by atoms with E-state index in [0.29, 0.717) is 22.5 Å². The van der Waals surface area contributed by atoms with Crippen molar-refractivity contribution in [1.82, 2.24) is 24.8 Å². The van der Waals surface area contributed by atoms with Gasteiger partial charge in [-0.15, -0.1) is 0 Å². The summed E-state index contributed by atoms with van der Waals surface area (Å²) < 4.78 is 80.4. The average Bonchev–Trinajstić information content (AvgIpc) is 3.60. The summed E-state index contributed by atoms with van der Waals surface area (Å²) in [6.07, 6.45) is 0.535. The first-order valence-electron chi connectivity index (χ1n) is 15.0. The molecule has 0 radical (unpaired) electrons. The van der Waals surface area contributed by atoms with Gasteiger partial charge in [0.25, 0.3) is 0 Å². The molecule has 2 aromatic heterocycles. The zero-order valence-electron chi connectivity index (χ0n) is 25.2. The number of hydrogen-bond donors (Lipinski definition) is 3. The van der Waals surface area contributed by atoms with E-state index in [1.165, 1.54) is 24.5 Å². The minimum Gasteiger partial charge on any atom is -0.355 e. The van der Waals surface area contributed by atoms with E-state index in [1.807, 2.05) is 0 Å². The van der Waals surface area contributed by atoms with Gasteiger partial charge in [-0.1, -0.05) is 50.1 Å². The lowest BCUT2D eigenvalue weighted by atomic mass is 9.81. The van der Waals surface area contributed by atoms with Gasteiger partial charge in [-0.2, -0.15) is 36.3 Å². The molecular formula is C33H33F6N7O. The first-order valence-corrected chi connectivity index (χ1v) is 15.0. The lowest BCUT2D eigenvalue weighted by Gasteiger charge is -2.30. The molecule has 4 aromatic rings. The van der Waals surface area contributed by atoms with Crippen LogP contribution in [0.25, 0.3) is 5.82 Å². The third-order valence-electron chi connectivity index (χ3n) is 7.99. The van der Waals surface area contributed by atoms with Crippen LogP contribution in [0.3, 0.4) is 0 Å². The number of carbonyl (C=O) groups is 1. The summed E-state index contributed by atoms with van der Waals surface area (Å²) in [5.74, 6) is 0.317. The van der Waals surface area contributed by atoms with E-state index in [1.54, 1.807) is 29.1 Å². The molecule has 2 heterocycles. The zero-order valence-corrected chi connectivity index (χ0v) is 25.2. The average molecular weight is 658 g/mol. The number of nitrogens with one attached hydrogen (secondary N) is 3. The third-order valence-corrected chi connectivity index (χ3v) is 7.99. The van der Waals surface area contributed by atoms with Gasteiger partial charge >= 0.3 is 12.4 Å². The highest BCUT2D eigenvalue weighted by Gasteiger charge is 2.32. The van der Waals surface area contributed by atoms with E-state index in [2.05, 4.69) is 37.5 Å². The molecule has 3 N–H and O–H groups in total. The highest BCUT2D eigenvalue weighted by molar-refractivity contribution is 5.87. The second-order valence-corrected chi connectivity index (χ2v) is 11.4. The summed E-state index contributed by atoms with van der Waals surface area (Å²) >= 11 is 0. The number of carbonyl (C=O) groups excluding carboxylic acids is 1. The molecule has 5 rings (SSSR count). The van der Waals surface area contributed by atoms with Gasteiger partial charge in [-0.25, -0.2) is 4.98 Å². The Hall–Kier alpha value is -4.88. The molecule has 0 bridgehead atoms. The quantitative estimate of drug-likeness (QED) is 0.114. The molecule has 1 atom stereocenters. The van der Waals surface area contributed by atoms with Crippen LogP contribution in [0.2, 0.25) is 0 Å². The molecule has 0 spiro atoms. The highest BCUT2D eigenvalue weighted by Crippen LogP contribution is 2.33. The molecule has 0 unspecified atom stereocenters. The van der Waals surface area contributed by atoms with Crippen LogP contribution < -0.4 is 16.0 Å². The Kier molecular flexibility index (Phi) is 10.2. The van der Waals surface area contributed by atoms with Gasteiger partial charge in [0.1, 0.15) is 24.0 Å². The first-order chi connectivity index (χ1) is 22.4. The number of halogens is 6. The van der Waals surface area contributed by atoms with Crippen LogP contribution in [0.1, 0.15) is 54.4 Å². The van der Waals surface area contributed by atoms with Crippen molar-refractivity contribution in [1.29, 1.82) is 0 Å². The molecule has 0 saturated heterocycles. The van der Waals surface area contributed by atoms with Crippen LogP contribution >= 0.6 is 0 Å². The number of alkyl halides is 6. The fourth-order valence-corrected chi connectivity index (χ4v) is 5.44. The number of nitrogens with zero attached hydrogens (tertiary/aromatic N) is 4. The molecule has 47 heavy (non-hydrogen) atoms. The van der Waals surface area contributed by atoms with Gasteiger partial charge in [0.2, 0.25) is 11.9 Å². The third kappa shape index (κ3) is 8.89. The second kappa shape index (κ2) is 14.3. The van der Waals surface area contributed by atoms with Crippen LogP contribution in [0.5, 0.6) is 0 Å². The molecule has 0 aliphatic heterocycles. The van der Waals surface area contributed by atoms with E-state index in [4.69, 9.17) is 0 Å². The SMILES string of the molecule is C=C(C1CCCCC1)[C@@H](Nc1cc(-n2ccnc2)nc(NCc2cccc(C(F)(F)F)c2)n1)C(=O)NCc1ccc(C(F)(F)F)cc1. The number of aromatic nitrogens is 4. The van der Waals surface area contributed by atoms with E-state index in [-0.39, 0.29) is 30.8 Å². The maximum Gasteiger partial charge on any atom is 0.416 e. The van der Waals surface area contributed by atoms with Crippen LogP contribution in [0.15, 0.2) is 85.5 Å². The Morgan fingerprint density at radius 1 is 0.894 bits per heavy atom. The molecule has 1 saturated carbocycles. The minimum atomic E-state index is -4.49. The Morgan fingerprint density at radius 3 is 2.28 bits per heavy atom. The summed E-state index contributed by atoms with van der Waals surface area (Å²) in [7, 11) is 0. The van der Waals surface area contributed by atoms with Gasteiger partial charge < -0.3 is 16.0 Å². The van der Waals surface area contributed by atoms with Crippen molar-refractivity contribution in [2.24, 2.45) is 5.92 Å². The Morgan fingerprint density at radius 2 is 1.62 bits per heavy atom. The summed E-state index contributed by atoms with van der Waals surface area (Å²) in [6.45, 7) is 4.25. The van der Waals surface area contributed by atoms with Gasteiger partial charge in [-0.05, 0) is 59.7 Å². The molecule has 1 amide bonds. The molecule has 1 aliphatic carbocycles. The van der Waals surface area contributed by atoms with Crippen molar-refractivity contribution in [3.8, 4) is 5.82 Å². The Bertz CT molecular complexity index is 1660. The molecule has 2 aromatic carbocycles. The van der Waals surface area contributed by atoms with Crippen molar-refractivity contribution in [3.05, 3.63) is 108 Å². The number of benzene rings is 2. The second-order valence-electron chi connectivity index (χ2n) is 11.4. The number of imidazole rings is 1. The highest BCUT2D eigenvalue weighted by atomic mass is 19.4. The largest absolute Gasteiger partial charge is 0.416 e. The zero-order chi connectivity index (χ0) is 33.6. The normalized spacial score (nSPS) is 14.8. The van der Waals surface area contributed by atoms with Crippen molar-refractivity contribution in [2.45, 2.75) is 63.6 Å². The molecule has 8 nitrogen and oxygen atoms in total. The summed E-state index contributed by atoms with van der Waals surface area (Å²) in [6, 6.07) is 10.1. The summed E-state index contributed by atoms with van der Waals surface area (Å²) in [4.78, 5) is 26.7. The first kappa shape index (κ1) is 33.5. The van der Waals surface area contributed by atoms with Crippen molar-refractivity contribution in [2.75, 3.05) is 10.6 Å². The summed E-state index contributed by atoms with van der Waals surface area (Å²) in [5.41, 5.74) is -0.0710. The molecule has 1 fully saturated rings. The predicted molar refractivity (Wildman–Crippen MR) is 164 cm³/mol. The van der Waals surface area contributed by atoms with Gasteiger partial charge in [0, 0.05) is 31.5 Å². The lowest BCUT2D eigenvalue weighted by molar-refractivity contribution is -0.138. The monoisotopic (exact) mass is 657 g/mol. The van der Waals surface area contributed by atoms with E-state index >= 15 is 0 Å². The van der Waals surface area contributed by atoms with Gasteiger partial charge in [0.15, 0.2) is 0 Å². The van der Waals surface area contributed by atoms with E-state index in [9.17, 15) is 31.1 Å². The smallest absolute Gasteiger partial charge is 0.355 e. The van der Waals surface area contributed by atoms with Gasteiger partial charge in [0.05, 0.1) is 11.1 Å². The maximum atomic E-state index is 13.7. The van der Waals surface area contributed by atoms with Crippen molar-refractivity contribution in [3.63, 3.8) is 0 Å². The fourth-order valence-electron chi connectivity index (χ4n) is 5.44. The fraction of sp³-hybridized carbons (Fsp3) is 0.333. The van der Waals surface area contributed by atoms with Crippen molar-refractivity contribution >= 4 is 17.7 Å². The number of anilines is 2. The minimum absolute atomic E-state index is 0.0113. The summed E-state index contributed by atoms with van der Waals surface area (Å²) in [5, 5.41) is 8.96.